The molecule has 0 bridgehead atoms. The van der Waals surface area contributed by atoms with Crippen molar-refractivity contribution in [2.75, 3.05) is 30.3 Å². The Kier molecular flexibility index (Phi) is 7.42. The van der Waals surface area contributed by atoms with Crippen LogP contribution in [-0.2, 0) is 11.3 Å². The molecule has 0 unspecified atom stereocenters. The van der Waals surface area contributed by atoms with Crippen molar-refractivity contribution in [2.24, 2.45) is 5.92 Å². The van der Waals surface area contributed by atoms with Crippen LogP contribution < -0.4 is 10.6 Å². The number of pyridine rings is 1. The van der Waals surface area contributed by atoms with E-state index in [-0.39, 0.29) is 36.1 Å². The number of aryl methyl sites for hydroxylation is 1. The molecule has 0 spiro atoms. The van der Waals surface area contributed by atoms with Crippen LogP contribution in [0, 0.1) is 26.7 Å². The molecule has 5 rings (SSSR count). The third-order valence-corrected chi connectivity index (χ3v) is 8.14. The number of nitrogens with two attached hydrogens (primary N) is 1. The zero-order chi connectivity index (χ0) is 27.8. The van der Waals surface area contributed by atoms with Crippen molar-refractivity contribution >= 4 is 46.8 Å². The lowest BCUT2D eigenvalue weighted by atomic mass is 9.93. The van der Waals surface area contributed by atoms with Crippen LogP contribution in [0.15, 0.2) is 18.5 Å². The van der Waals surface area contributed by atoms with Crippen LogP contribution in [0.5, 0.6) is 0 Å². The smallest absolute Gasteiger partial charge is 0.260 e. The fourth-order valence-electron chi connectivity index (χ4n) is 5.25. The van der Waals surface area contributed by atoms with Gasteiger partial charge in [0.25, 0.3) is 11.8 Å². The molecule has 204 valence electrons. The molecule has 0 atom stereocenters. The first kappa shape index (κ1) is 26.8. The lowest BCUT2D eigenvalue weighted by Gasteiger charge is -2.31. The van der Waals surface area contributed by atoms with E-state index in [9.17, 15) is 14.7 Å². The van der Waals surface area contributed by atoms with Crippen LogP contribution in [0.4, 0.5) is 11.8 Å². The number of hydrogen-bond donors (Lipinski definition) is 3. The molecule has 5 heterocycles. The number of carbonyl (C=O) groups is 2. The SMILES string of the molecule is Cc1cnc(CN2C(=O)/C(=C\c3cc(C(=O)N4CCC(CCO)CC4)c[nH]3)c3c(Cl)nc(N)nc32)c(C)c1C. The van der Waals surface area contributed by atoms with E-state index in [4.69, 9.17) is 17.3 Å². The van der Waals surface area contributed by atoms with E-state index in [0.29, 0.717) is 47.2 Å². The zero-order valence-corrected chi connectivity index (χ0v) is 23.0. The molecule has 0 saturated carbocycles. The minimum absolute atomic E-state index is 0.0296. The summed E-state index contributed by atoms with van der Waals surface area (Å²) < 4.78 is 0. The third-order valence-electron chi connectivity index (χ3n) is 7.86. The number of H-pyrrole nitrogens is 1. The Balaban J connectivity index is 1.43. The Labute approximate surface area is 231 Å². The lowest BCUT2D eigenvalue weighted by Crippen LogP contribution is -2.38. The van der Waals surface area contributed by atoms with Gasteiger partial charge in [-0.25, -0.2) is 4.98 Å². The quantitative estimate of drug-likeness (QED) is 0.314. The molecule has 3 aromatic heterocycles. The van der Waals surface area contributed by atoms with E-state index < -0.39 is 0 Å². The number of likely N-dealkylation sites (tertiary alicyclic amines) is 1. The maximum atomic E-state index is 13.7. The average molecular weight is 550 g/mol. The van der Waals surface area contributed by atoms with Crippen molar-refractivity contribution in [3.05, 3.63) is 62.8 Å². The minimum Gasteiger partial charge on any atom is -0.396 e. The van der Waals surface area contributed by atoms with Gasteiger partial charge in [-0.15, -0.1) is 0 Å². The predicted molar refractivity (Wildman–Crippen MR) is 150 cm³/mol. The number of aliphatic hydroxyl groups excluding tert-OH is 1. The number of amides is 2. The van der Waals surface area contributed by atoms with Crippen LogP contribution in [0.25, 0.3) is 11.6 Å². The summed E-state index contributed by atoms with van der Waals surface area (Å²) >= 11 is 6.49. The number of anilines is 2. The predicted octanol–water partition coefficient (Wildman–Crippen LogP) is 3.68. The summed E-state index contributed by atoms with van der Waals surface area (Å²) in [5.41, 5.74) is 11.6. The van der Waals surface area contributed by atoms with Crippen molar-refractivity contribution in [1.29, 1.82) is 0 Å². The van der Waals surface area contributed by atoms with Gasteiger partial charge >= 0.3 is 0 Å². The number of aromatic amines is 1. The second kappa shape index (κ2) is 10.8. The molecular formula is C28H32ClN7O3. The molecule has 2 amide bonds. The van der Waals surface area contributed by atoms with Crippen molar-refractivity contribution in [3.63, 3.8) is 0 Å². The minimum atomic E-state index is -0.306. The monoisotopic (exact) mass is 549 g/mol. The summed E-state index contributed by atoms with van der Waals surface area (Å²) in [7, 11) is 0. The summed E-state index contributed by atoms with van der Waals surface area (Å²) in [6.07, 6.45) is 7.64. The lowest BCUT2D eigenvalue weighted by molar-refractivity contribution is -0.113. The van der Waals surface area contributed by atoms with Crippen molar-refractivity contribution < 1.29 is 14.7 Å². The molecule has 0 radical (unpaired) electrons. The van der Waals surface area contributed by atoms with Gasteiger partial charge < -0.3 is 20.7 Å². The number of halogens is 1. The molecular weight excluding hydrogens is 518 g/mol. The average Bonchev–Trinajstić information content (AvgIpc) is 3.48. The van der Waals surface area contributed by atoms with E-state index in [1.807, 2.05) is 25.7 Å². The number of nitrogen functional groups attached to an aromatic ring is 1. The Morgan fingerprint density at radius 3 is 2.69 bits per heavy atom. The van der Waals surface area contributed by atoms with Gasteiger partial charge in [0.2, 0.25) is 5.95 Å². The Morgan fingerprint density at radius 2 is 1.97 bits per heavy atom. The van der Waals surface area contributed by atoms with Crippen LogP contribution in [0.1, 0.15) is 63.3 Å². The molecule has 1 saturated heterocycles. The van der Waals surface area contributed by atoms with Crippen molar-refractivity contribution in [2.45, 2.75) is 46.6 Å². The maximum Gasteiger partial charge on any atom is 0.260 e. The molecule has 2 aliphatic heterocycles. The van der Waals surface area contributed by atoms with Gasteiger partial charge in [0, 0.05) is 37.8 Å². The number of carbonyl (C=O) groups excluding carboxylic acids is 2. The van der Waals surface area contributed by atoms with E-state index in [1.165, 1.54) is 4.90 Å². The fourth-order valence-corrected chi connectivity index (χ4v) is 5.52. The number of aromatic nitrogens is 4. The first-order chi connectivity index (χ1) is 18.7. The summed E-state index contributed by atoms with van der Waals surface area (Å²) in [5.74, 6) is 0.379. The van der Waals surface area contributed by atoms with Gasteiger partial charge in [-0.3, -0.25) is 19.5 Å². The van der Waals surface area contributed by atoms with E-state index in [1.54, 1.807) is 24.5 Å². The van der Waals surface area contributed by atoms with Gasteiger partial charge in [0.1, 0.15) is 5.15 Å². The highest BCUT2D eigenvalue weighted by molar-refractivity contribution is 6.41. The topological polar surface area (TPSA) is 141 Å². The number of nitrogens with zero attached hydrogens (tertiary/aromatic N) is 5. The summed E-state index contributed by atoms with van der Waals surface area (Å²) in [6, 6.07) is 1.73. The van der Waals surface area contributed by atoms with Crippen LogP contribution in [0.3, 0.4) is 0 Å². The molecule has 10 nitrogen and oxygen atoms in total. The number of rotatable bonds is 6. The van der Waals surface area contributed by atoms with E-state index in [0.717, 1.165) is 41.6 Å². The molecule has 1 fully saturated rings. The summed E-state index contributed by atoms with van der Waals surface area (Å²) in [5, 5.41) is 9.26. The molecule has 39 heavy (non-hydrogen) atoms. The first-order valence-corrected chi connectivity index (χ1v) is 13.4. The Hall–Kier alpha value is -3.76. The number of fused-ring (bicyclic) bond motifs is 1. The zero-order valence-electron chi connectivity index (χ0n) is 22.3. The highest BCUT2D eigenvalue weighted by Crippen LogP contribution is 2.41. The maximum absolute atomic E-state index is 13.7. The highest BCUT2D eigenvalue weighted by atomic mass is 35.5. The molecule has 11 heteroatoms. The van der Waals surface area contributed by atoms with Gasteiger partial charge in [-0.2, -0.15) is 4.98 Å². The molecule has 4 N–H and O–H groups in total. The fraction of sp³-hybridized carbons (Fsp3) is 0.393. The Bertz CT molecular complexity index is 1470. The molecule has 2 aliphatic rings. The normalized spacial score (nSPS) is 16.8. The number of aliphatic hydroxyl groups is 1. The Morgan fingerprint density at radius 1 is 1.23 bits per heavy atom. The van der Waals surface area contributed by atoms with Gasteiger partial charge in [0.15, 0.2) is 5.82 Å². The van der Waals surface area contributed by atoms with E-state index >= 15 is 0 Å². The van der Waals surface area contributed by atoms with E-state index in [2.05, 4.69) is 19.9 Å². The van der Waals surface area contributed by atoms with Crippen molar-refractivity contribution in [1.82, 2.24) is 24.8 Å². The number of nitrogens with one attached hydrogen (secondary N) is 1. The number of hydrogen-bond acceptors (Lipinski definition) is 7. The van der Waals surface area contributed by atoms with Crippen LogP contribution >= 0.6 is 11.6 Å². The first-order valence-electron chi connectivity index (χ1n) is 13.0. The second-order valence-electron chi connectivity index (χ2n) is 10.2. The largest absolute Gasteiger partial charge is 0.396 e. The van der Waals surface area contributed by atoms with Gasteiger partial charge in [-0.1, -0.05) is 11.6 Å². The highest BCUT2D eigenvalue weighted by Gasteiger charge is 2.37. The van der Waals surface area contributed by atoms with Gasteiger partial charge in [0.05, 0.1) is 28.9 Å². The summed E-state index contributed by atoms with van der Waals surface area (Å²) in [4.78, 5) is 46.3. The molecule has 0 aromatic carbocycles. The number of piperidine rings is 1. The van der Waals surface area contributed by atoms with Crippen molar-refractivity contribution in [3.8, 4) is 0 Å². The van der Waals surface area contributed by atoms with Crippen LogP contribution in [0.2, 0.25) is 5.15 Å². The second-order valence-corrected chi connectivity index (χ2v) is 10.6. The standard InChI is InChI=1S/C28H32ClN7O3/c1-15-12-32-22(17(3)16(15)2)14-36-25-23(24(29)33-28(30)34-25)21(27(36)39)11-20-10-19(13-31-20)26(38)35-7-4-18(5-8-35)6-9-37/h10-13,18,31,37H,4-9,14H2,1-3H3,(H2,30,33,34)/b21-11-. The van der Waals surface area contributed by atoms with Crippen LogP contribution in [-0.4, -0.2) is 61.5 Å². The molecule has 3 aromatic rings. The third kappa shape index (κ3) is 5.14. The summed E-state index contributed by atoms with van der Waals surface area (Å²) in [6.45, 7) is 7.70. The van der Waals surface area contributed by atoms with Gasteiger partial charge in [-0.05, 0) is 74.8 Å². The molecule has 0 aliphatic carbocycles.